The van der Waals surface area contributed by atoms with E-state index < -0.39 is 18.1 Å². The number of carboxylic acids is 1. The fourth-order valence-electron chi connectivity index (χ4n) is 4.16. The summed E-state index contributed by atoms with van der Waals surface area (Å²) in [6, 6.07) is 25.3. The summed E-state index contributed by atoms with van der Waals surface area (Å²) >= 11 is 0. The highest BCUT2D eigenvalue weighted by atomic mass is 16.5. The zero-order valence-corrected chi connectivity index (χ0v) is 22.7. The van der Waals surface area contributed by atoms with E-state index in [1.807, 2.05) is 54.6 Å². The van der Waals surface area contributed by atoms with Crippen LogP contribution in [-0.2, 0) is 33.8 Å². The highest BCUT2D eigenvalue weighted by molar-refractivity contribution is 5.83. The topological polar surface area (TPSA) is 105 Å². The van der Waals surface area contributed by atoms with Crippen LogP contribution in [-0.4, -0.2) is 35.7 Å². The van der Waals surface area contributed by atoms with Gasteiger partial charge in [-0.15, -0.1) is 0 Å². The van der Waals surface area contributed by atoms with E-state index in [2.05, 4.69) is 34.9 Å². The molecule has 0 aromatic heterocycles. The van der Waals surface area contributed by atoms with Crippen molar-refractivity contribution in [1.82, 2.24) is 10.6 Å². The lowest BCUT2D eigenvalue weighted by molar-refractivity contribution is -0.143. The summed E-state index contributed by atoms with van der Waals surface area (Å²) in [6.07, 6.45) is 3.17. The van der Waals surface area contributed by atoms with Crippen LogP contribution in [0.3, 0.4) is 0 Å². The Hall–Kier alpha value is -4.13. The van der Waals surface area contributed by atoms with Crippen molar-refractivity contribution in [2.75, 3.05) is 6.54 Å². The van der Waals surface area contributed by atoms with Crippen LogP contribution in [0.4, 0.5) is 4.79 Å². The number of rotatable bonds is 14. The molecule has 39 heavy (non-hydrogen) atoms. The van der Waals surface area contributed by atoms with Crippen molar-refractivity contribution in [3.8, 4) is 11.1 Å². The van der Waals surface area contributed by atoms with E-state index in [1.165, 1.54) is 5.56 Å². The van der Waals surface area contributed by atoms with Crippen LogP contribution in [0.1, 0.15) is 49.8 Å². The van der Waals surface area contributed by atoms with Gasteiger partial charge in [-0.3, -0.25) is 4.79 Å². The number of benzene rings is 3. The Kier molecular flexibility index (Phi) is 11.6. The van der Waals surface area contributed by atoms with E-state index in [4.69, 9.17) is 4.74 Å². The molecule has 0 fully saturated rings. The molecule has 0 aliphatic carbocycles. The average molecular weight is 531 g/mol. The number of ether oxygens (including phenoxy) is 1. The SMILES string of the molecule is CC(C)C(NC(=O)CCc1ccc(-c2ccc(CCCCNC(=O)OCc3ccccc3)cc2)cc1)C(=O)O. The smallest absolute Gasteiger partial charge is 0.407 e. The van der Waals surface area contributed by atoms with Gasteiger partial charge < -0.3 is 20.5 Å². The molecule has 0 aliphatic rings. The molecule has 3 aromatic carbocycles. The van der Waals surface area contributed by atoms with Gasteiger partial charge >= 0.3 is 12.1 Å². The number of amides is 2. The molecular formula is C32H38N2O5. The zero-order valence-electron chi connectivity index (χ0n) is 22.7. The van der Waals surface area contributed by atoms with Gasteiger partial charge in [-0.1, -0.05) is 92.7 Å². The number of unbranched alkanes of at least 4 members (excludes halogenated alkanes) is 1. The van der Waals surface area contributed by atoms with Crippen molar-refractivity contribution >= 4 is 18.0 Å². The Labute approximate surface area is 230 Å². The molecule has 0 heterocycles. The first-order valence-electron chi connectivity index (χ1n) is 13.5. The van der Waals surface area contributed by atoms with Gasteiger partial charge in [0, 0.05) is 13.0 Å². The van der Waals surface area contributed by atoms with Gasteiger partial charge in [0.25, 0.3) is 0 Å². The van der Waals surface area contributed by atoms with E-state index in [-0.39, 0.29) is 24.9 Å². The van der Waals surface area contributed by atoms with Gasteiger partial charge in [0.1, 0.15) is 12.6 Å². The van der Waals surface area contributed by atoms with Gasteiger partial charge in [0.15, 0.2) is 0 Å². The molecule has 7 nitrogen and oxygen atoms in total. The minimum Gasteiger partial charge on any atom is -0.480 e. The molecule has 0 saturated heterocycles. The molecule has 1 atom stereocenters. The molecule has 0 aliphatic heterocycles. The fraction of sp³-hybridized carbons (Fsp3) is 0.344. The molecule has 3 N–H and O–H groups in total. The molecule has 0 bridgehead atoms. The maximum Gasteiger partial charge on any atom is 0.407 e. The number of carbonyl (C=O) groups excluding carboxylic acids is 2. The summed E-state index contributed by atoms with van der Waals surface area (Å²) in [4.78, 5) is 35.3. The lowest BCUT2D eigenvalue weighted by Crippen LogP contribution is -2.44. The summed E-state index contributed by atoms with van der Waals surface area (Å²) in [6.45, 7) is 4.40. The minimum absolute atomic E-state index is 0.171. The van der Waals surface area contributed by atoms with Gasteiger partial charge in [-0.2, -0.15) is 0 Å². The van der Waals surface area contributed by atoms with Crippen LogP contribution in [0.5, 0.6) is 0 Å². The number of hydrogen-bond donors (Lipinski definition) is 3. The predicted molar refractivity (Wildman–Crippen MR) is 152 cm³/mol. The van der Waals surface area contributed by atoms with E-state index in [0.717, 1.165) is 41.5 Å². The van der Waals surface area contributed by atoms with E-state index in [1.54, 1.807) is 13.8 Å². The van der Waals surface area contributed by atoms with Gasteiger partial charge in [0.05, 0.1) is 0 Å². The van der Waals surface area contributed by atoms with E-state index >= 15 is 0 Å². The maximum absolute atomic E-state index is 12.2. The summed E-state index contributed by atoms with van der Waals surface area (Å²) < 4.78 is 5.22. The number of aryl methyl sites for hydroxylation is 2. The highest BCUT2D eigenvalue weighted by Gasteiger charge is 2.23. The number of aliphatic carboxylic acids is 1. The summed E-state index contributed by atoms with van der Waals surface area (Å²) in [7, 11) is 0. The maximum atomic E-state index is 12.2. The van der Waals surface area contributed by atoms with Crippen molar-refractivity contribution in [3.63, 3.8) is 0 Å². The Bertz CT molecular complexity index is 1190. The Morgan fingerprint density at radius 2 is 1.36 bits per heavy atom. The second-order valence-corrected chi connectivity index (χ2v) is 9.97. The molecule has 0 spiro atoms. The van der Waals surface area contributed by atoms with Crippen LogP contribution >= 0.6 is 0 Å². The first-order valence-corrected chi connectivity index (χ1v) is 13.5. The third kappa shape index (κ3) is 10.3. The standard InChI is InChI=1S/C32H38N2O5/c1-23(2)30(31(36)37)34-29(35)20-15-25-13-18-28(19-14-25)27-16-11-24(12-17-27)8-6-7-21-33-32(38)39-22-26-9-4-3-5-10-26/h3-5,9-14,16-19,23,30H,6-8,15,20-22H2,1-2H3,(H,33,38)(H,34,35)(H,36,37). The summed E-state index contributed by atoms with van der Waals surface area (Å²) in [5.41, 5.74) is 5.45. The molecular weight excluding hydrogens is 492 g/mol. The molecule has 2 amide bonds. The largest absolute Gasteiger partial charge is 0.480 e. The van der Waals surface area contributed by atoms with Crippen LogP contribution in [0.2, 0.25) is 0 Å². The monoisotopic (exact) mass is 530 g/mol. The fourth-order valence-corrected chi connectivity index (χ4v) is 4.16. The number of alkyl carbamates (subject to hydrolysis) is 1. The Morgan fingerprint density at radius 3 is 1.92 bits per heavy atom. The third-order valence-corrected chi connectivity index (χ3v) is 6.51. The number of carboxylic acid groups (broad SMARTS) is 1. The zero-order chi connectivity index (χ0) is 28.0. The van der Waals surface area contributed by atoms with Crippen LogP contribution in [0.25, 0.3) is 11.1 Å². The molecule has 1 unspecified atom stereocenters. The van der Waals surface area contributed by atoms with Crippen LogP contribution in [0.15, 0.2) is 78.9 Å². The first kappa shape index (κ1) is 29.4. The third-order valence-electron chi connectivity index (χ3n) is 6.51. The summed E-state index contributed by atoms with van der Waals surface area (Å²) in [5, 5.41) is 14.6. The number of nitrogens with one attached hydrogen (secondary N) is 2. The molecule has 3 aromatic rings. The summed E-state index contributed by atoms with van der Waals surface area (Å²) in [5.74, 6) is -1.44. The van der Waals surface area contributed by atoms with Crippen LogP contribution < -0.4 is 10.6 Å². The normalized spacial score (nSPS) is 11.6. The lowest BCUT2D eigenvalue weighted by atomic mass is 9.99. The predicted octanol–water partition coefficient (Wildman–Crippen LogP) is 5.76. The average Bonchev–Trinajstić information content (AvgIpc) is 2.94. The van der Waals surface area contributed by atoms with Crippen molar-refractivity contribution in [2.45, 2.75) is 58.6 Å². The van der Waals surface area contributed by atoms with E-state index in [9.17, 15) is 19.5 Å². The van der Waals surface area contributed by atoms with Gasteiger partial charge in [-0.05, 0) is 59.4 Å². The Morgan fingerprint density at radius 1 is 0.769 bits per heavy atom. The second kappa shape index (κ2) is 15.3. The van der Waals surface area contributed by atoms with Crippen molar-refractivity contribution in [1.29, 1.82) is 0 Å². The first-order chi connectivity index (χ1) is 18.8. The van der Waals surface area contributed by atoms with Crippen molar-refractivity contribution in [3.05, 3.63) is 95.6 Å². The Balaban J connectivity index is 1.35. The van der Waals surface area contributed by atoms with Gasteiger partial charge in [-0.25, -0.2) is 9.59 Å². The van der Waals surface area contributed by atoms with E-state index in [0.29, 0.717) is 13.0 Å². The molecule has 206 valence electrons. The van der Waals surface area contributed by atoms with Crippen LogP contribution in [0, 0.1) is 5.92 Å². The molecule has 7 heteroatoms. The highest BCUT2D eigenvalue weighted by Crippen LogP contribution is 2.21. The van der Waals surface area contributed by atoms with Crippen molar-refractivity contribution < 1.29 is 24.2 Å². The lowest BCUT2D eigenvalue weighted by Gasteiger charge is -2.17. The van der Waals surface area contributed by atoms with Gasteiger partial charge in [0.2, 0.25) is 5.91 Å². The molecule has 3 rings (SSSR count). The molecule has 0 radical (unpaired) electrons. The quantitative estimate of drug-likeness (QED) is 0.230. The second-order valence-electron chi connectivity index (χ2n) is 9.97. The minimum atomic E-state index is -1.01. The van der Waals surface area contributed by atoms with Crippen molar-refractivity contribution in [2.24, 2.45) is 5.92 Å². The number of carbonyl (C=O) groups is 3. The number of hydrogen-bond acceptors (Lipinski definition) is 4. The molecule has 0 saturated carbocycles.